The van der Waals surface area contributed by atoms with Gasteiger partial charge in [-0.1, -0.05) is 20.8 Å². The standard InChI is InChI=1S/C19H20O4/c1-9-8-23-18-11-7-12(20)15-10(5-4-6-19(15,2)3)14(11)17(22)16(21)13(9)18/h7,9,20H,4-6,8H2,1-3H3/t9-/m0/s1. The Hall–Kier alpha value is -2.10. The highest BCUT2D eigenvalue weighted by Gasteiger charge is 2.44. The molecule has 23 heavy (non-hydrogen) atoms. The molecule has 0 spiro atoms. The van der Waals surface area contributed by atoms with Crippen LogP contribution in [-0.2, 0) is 21.4 Å². The third-order valence-corrected chi connectivity index (χ3v) is 5.45. The van der Waals surface area contributed by atoms with Crippen molar-refractivity contribution in [3.63, 3.8) is 0 Å². The zero-order chi connectivity index (χ0) is 16.5. The lowest BCUT2D eigenvalue weighted by atomic mass is 9.68. The van der Waals surface area contributed by atoms with Gasteiger partial charge in [-0.2, -0.15) is 0 Å². The fraction of sp³-hybridized carbons (Fsp3) is 0.474. The Balaban J connectivity index is 2.07. The number of benzene rings is 1. The molecule has 0 fully saturated rings. The predicted octanol–water partition coefficient (Wildman–Crippen LogP) is 3.15. The van der Waals surface area contributed by atoms with Gasteiger partial charge in [-0.15, -0.1) is 0 Å². The van der Waals surface area contributed by atoms with E-state index in [0.717, 1.165) is 24.0 Å². The van der Waals surface area contributed by atoms with Gasteiger partial charge in [0, 0.05) is 22.6 Å². The van der Waals surface area contributed by atoms with Crippen LogP contribution in [0.25, 0.3) is 5.76 Å². The number of phenolic OH excluding ortho intramolecular Hbond substituents is 1. The summed E-state index contributed by atoms with van der Waals surface area (Å²) in [5.41, 5.74) is 2.99. The molecule has 4 rings (SSSR count). The molecule has 1 heterocycles. The molecule has 1 atom stereocenters. The number of carbonyl (C=O) groups excluding carboxylic acids is 2. The van der Waals surface area contributed by atoms with Crippen molar-refractivity contribution in [3.8, 4) is 5.75 Å². The number of Topliss-reactive ketones (excluding diaryl/α,β-unsaturated/α-hetero) is 2. The maximum atomic E-state index is 12.8. The summed E-state index contributed by atoms with van der Waals surface area (Å²) in [6.07, 6.45) is 2.61. The Bertz CT molecular complexity index is 798. The van der Waals surface area contributed by atoms with Crippen LogP contribution in [0.15, 0.2) is 11.6 Å². The van der Waals surface area contributed by atoms with E-state index >= 15 is 0 Å². The Kier molecular flexibility index (Phi) is 2.81. The first-order valence-electron chi connectivity index (χ1n) is 8.18. The van der Waals surface area contributed by atoms with Crippen molar-refractivity contribution >= 4 is 17.3 Å². The van der Waals surface area contributed by atoms with Crippen molar-refractivity contribution in [2.45, 2.75) is 45.4 Å². The second-order valence-corrected chi connectivity index (χ2v) is 7.52. The summed E-state index contributed by atoms with van der Waals surface area (Å²) in [6, 6.07) is 1.62. The van der Waals surface area contributed by atoms with E-state index in [0.29, 0.717) is 35.5 Å². The molecule has 0 saturated heterocycles. The van der Waals surface area contributed by atoms with Crippen LogP contribution in [0.2, 0.25) is 0 Å². The van der Waals surface area contributed by atoms with Gasteiger partial charge in [0.1, 0.15) is 11.5 Å². The van der Waals surface area contributed by atoms with E-state index in [-0.39, 0.29) is 17.1 Å². The molecule has 0 radical (unpaired) electrons. The van der Waals surface area contributed by atoms with Crippen LogP contribution in [0.3, 0.4) is 0 Å². The van der Waals surface area contributed by atoms with Crippen LogP contribution < -0.4 is 0 Å². The molecule has 1 aliphatic heterocycles. The van der Waals surface area contributed by atoms with Gasteiger partial charge in [-0.3, -0.25) is 9.59 Å². The van der Waals surface area contributed by atoms with Gasteiger partial charge in [0.05, 0.1) is 12.2 Å². The average Bonchev–Trinajstić information content (AvgIpc) is 2.85. The van der Waals surface area contributed by atoms with Gasteiger partial charge in [0.25, 0.3) is 0 Å². The number of carbonyl (C=O) groups is 2. The Morgan fingerprint density at radius 3 is 2.74 bits per heavy atom. The molecule has 120 valence electrons. The number of rotatable bonds is 0. The van der Waals surface area contributed by atoms with Gasteiger partial charge < -0.3 is 9.84 Å². The maximum absolute atomic E-state index is 12.8. The third-order valence-electron chi connectivity index (χ3n) is 5.45. The SMILES string of the molecule is C[C@H]1COC2=C1C(=O)C(=O)c1c2cc(O)c2c1CCCC2(C)C. The van der Waals surface area contributed by atoms with Gasteiger partial charge in [0.2, 0.25) is 11.6 Å². The van der Waals surface area contributed by atoms with E-state index in [1.54, 1.807) is 6.07 Å². The van der Waals surface area contributed by atoms with Crippen LogP contribution >= 0.6 is 0 Å². The van der Waals surface area contributed by atoms with Gasteiger partial charge in [-0.25, -0.2) is 0 Å². The minimum atomic E-state index is -0.440. The lowest BCUT2D eigenvalue weighted by Gasteiger charge is -2.35. The topological polar surface area (TPSA) is 63.6 Å². The number of phenols is 1. The van der Waals surface area contributed by atoms with Crippen molar-refractivity contribution < 1.29 is 19.4 Å². The van der Waals surface area contributed by atoms with E-state index < -0.39 is 11.6 Å². The monoisotopic (exact) mass is 312 g/mol. The van der Waals surface area contributed by atoms with E-state index in [1.807, 2.05) is 6.92 Å². The zero-order valence-corrected chi connectivity index (χ0v) is 13.7. The molecule has 0 unspecified atom stereocenters. The average molecular weight is 312 g/mol. The lowest BCUT2D eigenvalue weighted by molar-refractivity contribution is -0.112. The van der Waals surface area contributed by atoms with Crippen LogP contribution in [0.5, 0.6) is 5.75 Å². The minimum absolute atomic E-state index is 0.0794. The summed E-state index contributed by atoms with van der Waals surface area (Å²) in [5, 5.41) is 10.6. The quantitative estimate of drug-likeness (QED) is 0.748. The number of aromatic hydroxyl groups is 1. The van der Waals surface area contributed by atoms with E-state index in [9.17, 15) is 14.7 Å². The molecule has 1 aromatic carbocycles. The van der Waals surface area contributed by atoms with Crippen LogP contribution in [0.1, 0.15) is 60.7 Å². The van der Waals surface area contributed by atoms with Crippen molar-refractivity contribution in [1.29, 1.82) is 0 Å². The molecule has 1 N–H and O–H groups in total. The van der Waals surface area contributed by atoms with Crippen molar-refractivity contribution in [2.75, 3.05) is 6.61 Å². The summed E-state index contributed by atoms with van der Waals surface area (Å²) in [5.74, 6) is -0.248. The molecular formula is C19H20O4. The predicted molar refractivity (Wildman–Crippen MR) is 85.4 cm³/mol. The first-order valence-corrected chi connectivity index (χ1v) is 8.18. The van der Waals surface area contributed by atoms with Crippen molar-refractivity contribution in [3.05, 3.63) is 33.9 Å². The molecule has 0 aromatic heterocycles. The van der Waals surface area contributed by atoms with Crippen molar-refractivity contribution in [1.82, 2.24) is 0 Å². The fourth-order valence-electron chi connectivity index (χ4n) is 4.38. The molecule has 0 saturated carbocycles. The molecule has 0 amide bonds. The normalized spacial score (nSPS) is 24.9. The van der Waals surface area contributed by atoms with Crippen molar-refractivity contribution in [2.24, 2.45) is 5.92 Å². The number of hydrogen-bond donors (Lipinski definition) is 1. The Labute approximate surface area is 135 Å². The summed E-state index contributed by atoms with van der Waals surface area (Å²) < 4.78 is 5.71. The second-order valence-electron chi connectivity index (χ2n) is 7.52. The highest BCUT2D eigenvalue weighted by molar-refractivity contribution is 6.52. The van der Waals surface area contributed by atoms with Gasteiger partial charge in [0.15, 0.2) is 0 Å². The van der Waals surface area contributed by atoms with Crippen LogP contribution in [-0.4, -0.2) is 23.3 Å². The highest BCUT2D eigenvalue weighted by atomic mass is 16.5. The highest BCUT2D eigenvalue weighted by Crippen LogP contribution is 2.48. The molecule has 1 aromatic rings. The lowest BCUT2D eigenvalue weighted by Crippen LogP contribution is -2.31. The Morgan fingerprint density at radius 2 is 2.00 bits per heavy atom. The first kappa shape index (κ1) is 14.5. The molecule has 4 heteroatoms. The second kappa shape index (κ2) is 4.47. The molecule has 3 aliphatic rings. The number of hydrogen-bond acceptors (Lipinski definition) is 4. The van der Waals surface area contributed by atoms with Crippen LogP contribution in [0.4, 0.5) is 0 Å². The molecular weight excluding hydrogens is 292 g/mol. The smallest absolute Gasteiger partial charge is 0.234 e. The summed E-state index contributed by atoms with van der Waals surface area (Å²) in [7, 11) is 0. The number of ketones is 2. The van der Waals surface area contributed by atoms with Gasteiger partial charge >= 0.3 is 0 Å². The van der Waals surface area contributed by atoms with E-state index in [1.165, 1.54) is 0 Å². The van der Waals surface area contributed by atoms with E-state index in [4.69, 9.17) is 4.74 Å². The van der Waals surface area contributed by atoms with Crippen LogP contribution in [0, 0.1) is 5.92 Å². The Morgan fingerprint density at radius 1 is 1.26 bits per heavy atom. The van der Waals surface area contributed by atoms with E-state index in [2.05, 4.69) is 13.8 Å². The summed E-state index contributed by atoms with van der Waals surface area (Å²) in [4.78, 5) is 25.3. The zero-order valence-electron chi connectivity index (χ0n) is 13.7. The molecule has 0 bridgehead atoms. The van der Waals surface area contributed by atoms with Gasteiger partial charge in [-0.05, 0) is 36.3 Å². The maximum Gasteiger partial charge on any atom is 0.234 e. The summed E-state index contributed by atoms with van der Waals surface area (Å²) >= 11 is 0. The third kappa shape index (κ3) is 1.78. The first-order chi connectivity index (χ1) is 10.8. The summed E-state index contributed by atoms with van der Waals surface area (Å²) in [6.45, 7) is 6.45. The minimum Gasteiger partial charge on any atom is -0.508 e. The molecule has 2 aliphatic carbocycles. The largest absolute Gasteiger partial charge is 0.508 e. The number of ether oxygens (including phenoxy) is 1. The number of fused-ring (bicyclic) bond motifs is 4. The molecule has 4 nitrogen and oxygen atoms in total. The fourth-order valence-corrected chi connectivity index (χ4v) is 4.38.